The fraction of sp³-hybridized carbons (Fsp3) is 0.200. The number of carbonyl (C=O) groups excluding carboxylic acids is 1. The van der Waals surface area contributed by atoms with E-state index >= 15 is 0 Å². The van der Waals surface area contributed by atoms with Gasteiger partial charge in [0.2, 0.25) is 5.91 Å². The van der Waals surface area contributed by atoms with E-state index in [1.807, 2.05) is 65.5 Å². The average Bonchev–Trinajstić information content (AvgIpc) is 3.25. The summed E-state index contributed by atoms with van der Waals surface area (Å²) in [5.74, 6) is 0.293. The second kappa shape index (κ2) is 6.73. The van der Waals surface area contributed by atoms with Crippen molar-refractivity contribution in [2.45, 2.75) is 18.9 Å². The van der Waals surface area contributed by atoms with Crippen molar-refractivity contribution < 1.29 is 4.79 Å². The first kappa shape index (κ1) is 15.9. The van der Waals surface area contributed by atoms with Gasteiger partial charge < -0.3 is 5.32 Å². The molecular weight excluding hydrogens is 334 g/mol. The highest BCUT2D eigenvalue weighted by molar-refractivity contribution is 6.31. The molecule has 0 radical (unpaired) electrons. The van der Waals surface area contributed by atoms with Crippen molar-refractivity contribution in [1.29, 1.82) is 0 Å². The Morgan fingerprint density at radius 2 is 1.96 bits per heavy atom. The number of hydrogen-bond donors (Lipinski definition) is 1. The summed E-state index contributed by atoms with van der Waals surface area (Å²) in [6, 6.07) is 17.5. The van der Waals surface area contributed by atoms with Gasteiger partial charge in [0.05, 0.1) is 6.54 Å². The highest BCUT2D eigenvalue weighted by atomic mass is 35.5. The highest BCUT2D eigenvalue weighted by Gasteiger charge is 2.44. The molecule has 2 unspecified atom stereocenters. The SMILES string of the molecule is O=C(Nc1ccc(Cn2cccn2)cc1)C1CC1c1ccccc1Cl. The molecule has 4 rings (SSSR count). The Bertz CT molecular complexity index is 874. The lowest BCUT2D eigenvalue weighted by Gasteiger charge is -2.07. The van der Waals surface area contributed by atoms with Crippen LogP contribution < -0.4 is 5.32 Å². The maximum absolute atomic E-state index is 12.4. The Labute approximate surface area is 151 Å². The largest absolute Gasteiger partial charge is 0.326 e. The number of hydrogen-bond acceptors (Lipinski definition) is 2. The molecule has 2 aromatic carbocycles. The van der Waals surface area contributed by atoms with E-state index in [1.54, 1.807) is 6.20 Å². The summed E-state index contributed by atoms with van der Waals surface area (Å²) in [7, 11) is 0. The molecule has 3 aromatic rings. The number of anilines is 1. The summed E-state index contributed by atoms with van der Waals surface area (Å²) in [6.45, 7) is 0.721. The number of benzene rings is 2. The molecule has 1 aliphatic rings. The van der Waals surface area contributed by atoms with Crippen LogP contribution in [0.5, 0.6) is 0 Å². The number of rotatable bonds is 5. The molecular formula is C20H18ClN3O. The Kier molecular flexibility index (Phi) is 4.28. The summed E-state index contributed by atoms with van der Waals surface area (Å²) in [6.07, 6.45) is 4.55. The van der Waals surface area contributed by atoms with Crippen LogP contribution in [-0.2, 0) is 11.3 Å². The van der Waals surface area contributed by atoms with Crippen LogP contribution in [0.25, 0.3) is 0 Å². The molecule has 1 fully saturated rings. The summed E-state index contributed by atoms with van der Waals surface area (Å²) in [5.41, 5.74) is 3.03. The van der Waals surface area contributed by atoms with E-state index in [4.69, 9.17) is 11.6 Å². The van der Waals surface area contributed by atoms with E-state index in [-0.39, 0.29) is 17.7 Å². The lowest BCUT2D eigenvalue weighted by molar-refractivity contribution is -0.117. The molecule has 1 amide bonds. The number of amides is 1. The predicted molar refractivity (Wildman–Crippen MR) is 98.7 cm³/mol. The van der Waals surface area contributed by atoms with Gasteiger partial charge in [-0.05, 0) is 47.7 Å². The Balaban J connectivity index is 1.36. The second-order valence-electron chi connectivity index (χ2n) is 6.36. The Morgan fingerprint density at radius 3 is 2.68 bits per heavy atom. The van der Waals surface area contributed by atoms with Crippen LogP contribution in [0.2, 0.25) is 5.02 Å². The Hall–Kier alpha value is -2.59. The fourth-order valence-corrected chi connectivity index (χ4v) is 3.39. The van der Waals surface area contributed by atoms with Gasteiger partial charge >= 0.3 is 0 Å². The molecule has 1 heterocycles. The van der Waals surface area contributed by atoms with Crippen LogP contribution in [0, 0.1) is 5.92 Å². The zero-order valence-electron chi connectivity index (χ0n) is 13.6. The molecule has 2 atom stereocenters. The fourth-order valence-electron chi connectivity index (χ4n) is 3.11. The molecule has 0 aliphatic heterocycles. The van der Waals surface area contributed by atoms with Crippen LogP contribution in [0.3, 0.4) is 0 Å². The monoisotopic (exact) mass is 351 g/mol. The smallest absolute Gasteiger partial charge is 0.228 e. The number of nitrogens with one attached hydrogen (secondary N) is 1. The van der Waals surface area contributed by atoms with Gasteiger partial charge in [-0.1, -0.05) is 41.9 Å². The van der Waals surface area contributed by atoms with Gasteiger partial charge in [-0.15, -0.1) is 0 Å². The minimum atomic E-state index is 0.00338. The molecule has 126 valence electrons. The maximum atomic E-state index is 12.4. The summed E-state index contributed by atoms with van der Waals surface area (Å²) >= 11 is 6.23. The zero-order chi connectivity index (χ0) is 17.2. The number of nitrogens with zero attached hydrogens (tertiary/aromatic N) is 2. The van der Waals surface area contributed by atoms with Crippen LogP contribution in [0.15, 0.2) is 67.0 Å². The van der Waals surface area contributed by atoms with Gasteiger partial charge in [0.25, 0.3) is 0 Å². The van der Waals surface area contributed by atoms with Gasteiger partial charge in [0.15, 0.2) is 0 Å². The van der Waals surface area contributed by atoms with Crippen LogP contribution in [0.1, 0.15) is 23.5 Å². The normalized spacial score (nSPS) is 18.8. The molecule has 5 heteroatoms. The van der Waals surface area contributed by atoms with Crippen LogP contribution in [-0.4, -0.2) is 15.7 Å². The minimum absolute atomic E-state index is 0.00338. The zero-order valence-corrected chi connectivity index (χ0v) is 14.4. The van der Waals surface area contributed by atoms with E-state index in [1.165, 1.54) is 0 Å². The predicted octanol–water partition coefficient (Wildman–Crippen LogP) is 4.33. The van der Waals surface area contributed by atoms with Gasteiger partial charge in [-0.3, -0.25) is 9.48 Å². The quantitative estimate of drug-likeness (QED) is 0.743. The van der Waals surface area contributed by atoms with Crippen molar-refractivity contribution in [3.8, 4) is 0 Å². The average molecular weight is 352 g/mol. The van der Waals surface area contributed by atoms with Crippen LogP contribution >= 0.6 is 11.6 Å². The summed E-state index contributed by atoms with van der Waals surface area (Å²) < 4.78 is 1.87. The first-order valence-corrected chi connectivity index (χ1v) is 8.70. The van der Waals surface area contributed by atoms with Crippen LogP contribution in [0.4, 0.5) is 5.69 Å². The summed E-state index contributed by atoms with van der Waals surface area (Å²) in [5, 5.41) is 7.94. The summed E-state index contributed by atoms with van der Waals surface area (Å²) in [4.78, 5) is 12.4. The number of halogens is 1. The molecule has 25 heavy (non-hydrogen) atoms. The third-order valence-corrected chi connectivity index (χ3v) is 4.90. The molecule has 1 aromatic heterocycles. The van der Waals surface area contributed by atoms with Gasteiger partial charge in [-0.25, -0.2) is 0 Å². The van der Waals surface area contributed by atoms with Crippen molar-refractivity contribution in [1.82, 2.24) is 9.78 Å². The number of carbonyl (C=O) groups is 1. The van der Waals surface area contributed by atoms with E-state index < -0.39 is 0 Å². The van der Waals surface area contributed by atoms with E-state index in [0.717, 1.165) is 34.8 Å². The lowest BCUT2D eigenvalue weighted by atomic mass is 10.1. The van der Waals surface area contributed by atoms with E-state index in [9.17, 15) is 4.79 Å². The van der Waals surface area contributed by atoms with Gasteiger partial charge in [0.1, 0.15) is 0 Å². The van der Waals surface area contributed by atoms with Gasteiger partial charge in [-0.2, -0.15) is 5.10 Å². The standard InChI is InChI=1S/C20H18ClN3O/c21-19-5-2-1-4-16(19)17-12-18(17)20(25)23-15-8-6-14(7-9-15)13-24-11-3-10-22-24/h1-11,17-18H,12-13H2,(H,23,25). The van der Waals surface area contributed by atoms with Crippen molar-refractivity contribution in [3.05, 3.63) is 83.1 Å². The molecule has 0 saturated heterocycles. The highest BCUT2D eigenvalue weighted by Crippen LogP contribution is 2.49. The Morgan fingerprint density at radius 1 is 1.16 bits per heavy atom. The molecule has 0 bridgehead atoms. The third-order valence-electron chi connectivity index (χ3n) is 4.56. The van der Waals surface area contributed by atoms with Crippen molar-refractivity contribution in [3.63, 3.8) is 0 Å². The van der Waals surface area contributed by atoms with Crippen molar-refractivity contribution in [2.24, 2.45) is 5.92 Å². The maximum Gasteiger partial charge on any atom is 0.228 e. The van der Waals surface area contributed by atoms with E-state index in [0.29, 0.717) is 0 Å². The van der Waals surface area contributed by atoms with Crippen molar-refractivity contribution in [2.75, 3.05) is 5.32 Å². The minimum Gasteiger partial charge on any atom is -0.326 e. The third kappa shape index (κ3) is 3.59. The second-order valence-corrected chi connectivity index (χ2v) is 6.77. The lowest BCUT2D eigenvalue weighted by Crippen LogP contribution is -2.14. The first-order chi connectivity index (χ1) is 12.2. The molecule has 1 N–H and O–H groups in total. The topological polar surface area (TPSA) is 46.9 Å². The molecule has 1 saturated carbocycles. The van der Waals surface area contributed by atoms with E-state index in [2.05, 4.69) is 10.4 Å². The van der Waals surface area contributed by atoms with Gasteiger partial charge in [0, 0.05) is 29.0 Å². The number of aromatic nitrogens is 2. The molecule has 4 nitrogen and oxygen atoms in total. The first-order valence-electron chi connectivity index (χ1n) is 8.32. The molecule has 0 spiro atoms. The molecule has 1 aliphatic carbocycles. The van der Waals surface area contributed by atoms with Crippen molar-refractivity contribution >= 4 is 23.2 Å².